The minimum absolute atomic E-state index is 0.116. The molecule has 0 amide bonds. The zero-order valence-electron chi connectivity index (χ0n) is 9.94. The largest absolute Gasteiger partial charge is 0.415 e. The summed E-state index contributed by atoms with van der Waals surface area (Å²) < 4.78 is 5.63. The molecule has 0 aromatic rings. The van der Waals surface area contributed by atoms with Crippen LogP contribution in [0.3, 0.4) is 0 Å². The summed E-state index contributed by atoms with van der Waals surface area (Å²) in [6.45, 7) is 6.02. The lowest BCUT2D eigenvalue weighted by molar-refractivity contribution is -0.0355. The second-order valence-corrected chi connectivity index (χ2v) is 8.80. The van der Waals surface area contributed by atoms with Crippen LogP contribution in [-0.2, 0) is 4.43 Å². The first kappa shape index (κ1) is 15.1. The fraction of sp³-hybridized carbons (Fsp3) is 1.00. The van der Waals surface area contributed by atoms with E-state index in [-0.39, 0.29) is 6.61 Å². The van der Waals surface area contributed by atoms with Crippen molar-refractivity contribution in [2.24, 2.45) is 0 Å². The quantitative estimate of drug-likeness (QED) is 0.543. The Morgan fingerprint density at radius 2 is 1.80 bits per heavy atom. The Morgan fingerprint density at radius 1 is 1.20 bits per heavy atom. The third kappa shape index (κ3) is 7.02. The fourth-order valence-electron chi connectivity index (χ4n) is 1.22. The summed E-state index contributed by atoms with van der Waals surface area (Å²) in [6.07, 6.45) is 0.198. The van der Waals surface area contributed by atoms with Gasteiger partial charge in [0.15, 0.2) is 8.32 Å². The third-order valence-electron chi connectivity index (χ3n) is 2.41. The first-order valence-corrected chi connectivity index (χ1v) is 8.65. The van der Waals surface area contributed by atoms with E-state index >= 15 is 0 Å². The monoisotopic (exact) mass is 236 g/mol. The van der Waals surface area contributed by atoms with Crippen LogP contribution in [0.4, 0.5) is 0 Å². The lowest BCUT2D eigenvalue weighted by atomic mass is 10.2. The van der Waals surface area contributed by atoms with Crippen molar-refractivity contribution >= 4 is 8.32 Å². The average molecular weight is 236 g/mol. The van der Waals surface area contributed by atoms with Gasteiger partial charge in [-0.05, 0) is 19.1 Å². The van der Waals surface area contributed by atoms with Gasteiger partial charge < -0.3 is 19.7 Å². The first-order chi connectivity index (χ1) is 6.93. The summed E-state index contributed by atoms with van der Waals surface area (Å²) in [5.74, 6) is 0. The van der Waals surface area contributed by atoms with E-state index < -0.39 is 27.1 Å². The molecule has 4 nitrogen and oxygen atoms in total. The molecule has 0 heterocycles. The van der Waals surface area contributed by atoms with Gasteiger partial charge in [0.1, 0.15) is 12.2 Å². The van der Waals surface area contributed by atoms with Gasteiger partial charge in [-0.15, -0.1) is 0 Å². The number of hydrogen-bond donors (Lipinski definition) is 3. The van der Waals surface area contributed by atoms with E-state index in [2.05, 4.69) is 20.0 Å². The van der Waals surface area contributed by atoms with Gasteiger partial charge in [-0.25, -0.2) is 0 Å². The minimum Gasteiger partial charge on any atom is -0.415 e. The molecule has 2 atom stereocenters. The highest BCUT2D eigenvalue weighted by atomic mass is 28.4. The molecule has 0 fully saturated rings. The topological polar surface area (TPSA) is 69.9 Å². The van der Waals surface area contributed by atoms with Crippen molar-refractivity contribution in [3.63, 3.8) is 0 Å². The molecular formula is C10H24O4Si. The lowest BCUT2D eigenvalue weighted by Crippen LogP contribution is -2.39. The van der Waals surface area contributed by atoms with Crippen molar-refractivity contribution < 1.29 is 19.7 Å². The maximum atomic E-state index is 9.39. The van der Waals surface area contributed by atoms with Crippen molar-refractivity contribution in [3.8, 4) is 0 Å². The number of hydrogen-bond acceptors (Lipinski definition) is 4. The molecule has 5 heteroatoms. The van der Waals surface area contributed by atoms with Gasteiger partial charge in [-0.2, -0.15) is 0 Å². The second-order valence-electron chi connectivity index (χ2n) is 4.49. The molecule has 0 aliphatic rings. The SMILES string of the molecule is CCCC[Si](C)(C)OC[C@@H](O)[C@H](O)CO. The summed E-state index contributed by atoms with van der Waals surface area (Å²) in [4.78, 5) is 0. The van der Waals surface area contributed by atoms with Crippen LogP contribution in [0.1, 0.15) is 19.8 Å². The molecule has 0 spiro atoms. The molecule has 0 unspecified atom stereocenters. The molecule has 15 heavy (non-hydrogen) atoms. The second kappa shape index (κ2) is 7.35. The number of unbranched alkanes of at least 4 members (excludes halogenated alkanes) is 1. The summed E-state index contributed by atoms with van der Waals surface area (Å²) in [5, 5.41) is 27.2. The van der Waals surface area contributed by atoms with Gasteiger partial charge in [0, 0.05) is 0 Å². The molecule has 0 radical (unpaired) electrons. The molecule has 92 valence electrons. The molecule has 0 saturated carbocycles. The van der Waals surface area contributed by atoms with Crippen LogP contribution in [0, 0.1) is 0 Å². The van der Waals surface area contributed by atoms with Crippen molar-refractivity contribution in [2.75, 3.05) is 13.2 Å². The molecular weight excluding hydrogens is 212 g/mol. The highest BCUT2D eigenvalue weighted by Crippen LogP contribution is 2.15. The van der Waals surface area contributed by atoms with Gasteiger partial charge in [0.2, 0.25) is 0 Å². The van der Waals surface area contributed by atoms with E-state index in [1.165, 1.54) is 0 Å². The van der Waals surface area contributed by atoms with Crippen molar-refractivity contribution in [3.05, 3.63) is 0 Å². The number of rotatable bonds is 8. The van der Waals surface area contributed by atoms with Gasteiger partial charge in [-0.3, -0.25) is 0 Å². The normalized spacial score (nSPS) is 16.4. The smallest absolute Gasteiger partial charge is 0.186 e. The highest BCUT2D eigenvalue weighted by molar-refractivity contribution is 6.71. The Kier molecular flexibility index (Phi) is 7.38. The summed E-state index contributed by atoms with van der Waals surface area (Å²) in [6, 6.07) is 1.06. The number of aliphatic hydroxyl groups is 3. The molecule has 0 rings (SSSR count). The van der Waals surface area contributed by atoms with Crippen LogP contribution in [0.2, 0.25) is 19.1 Å². The van der Waals surface area contributed by atoms with E-state index in [1.54, 1.807) is 0 Å². The predicted molar refractivity (Wildman–Crippen MR) is 62.2 cm³/mol. The molecule has 3 N–H and O–H groups in total. The van der Waals surface area contributed by atoms with Gasteiger partial charge in [0.05, 0.1) is 13.2 Å². The standard InChI is InChI=1S/C10H24O4Si/c1-4-5-6-15(2,3)14-8-10(13)9(12)7-11/h9-13H,4-8H2,1-3H3/t9-,10-/m1/s1. The summed E-state index contributed by atoms with van der Waals surface area (Å²) in [5.41, 5.74) is 0. The predicted octanol–water partition coefficient (Wildman–Crippen LogP) is 0.722. The van der Waals surface area contributed by atoms with Crippen LogP contribution in [0.5, 0.6) is 0 Å². The molecule has 0 aromatic carbocycles. The maximum Gasteiger partial charge on any atom is 0.186 e. The van der Waals surface area contributed by atoms with Gasteiger partial charge in [-0.1, -0.05) is 19.8 Å². The van der Waals surface area contributed by atoms with Crippen LogP contribution < -0.4 is 0 Å². The molecule has 0 aliphatic carbocycles. The van der Waals surface area contributed by atoms with E-state index in [4.69, 9.17) is 14.6 Å². The van der Waals surface area contributed by atoms with E-state index in [0.29, 0.717) is 0 Å². The lowest BCUT2D eigenvalue weighted by Gasteiger charge is -2.25. The Labute approximate surface area is 93.0 Å². The Hall–Kier alpha value is 0.0569. The molecule has 0 aromatic heterocycles. The molecule has 0 aliphatic heterocycles. The van der Waals surface area contributed by atoms with Gasteiger partial charge in [0.25, 0.3) is 0 Å². The van der Waals surface area contributed by atoms with Crippen molar-refractivity contribution in [2.45, 2.75) is 51.1 Å². The molecule has 0 bridgehead atoms. The summed E-state index contributed by atoms with van der Waals surface area (Å²) >= 11 is 0. The Morgan fingerprint density at radius 3 is 2.27 bits per heavy atom. The van der Waals surface area contributed by atoms with E-state index in [9.17, 15) is 5.11 Å². The third-order valence-corrected chi connectivity index (χ3v) is 4.91. The first-order valence-electron chi connectivity index (χ1n) is 5.54. The van der Waals surface area contributed by atoms with E-state index in [0.717, 1.165) is 18.9 Å². The van der Waals surface area contributed by atoms with Gasteiger partial charge >= 0.3 is 0 Å². The Bertz CT molecular complexity index is 164. The average Bonchev–Trinajstić information content (AvgIpc) is 2.22. The van der Waals surface area contributed by atoms with Crippen molar-refractivity contribution in [1.82, 2.24) is 0 Å². The number of aliphatic hydroxyl groups excluding tert-OH is 3. The van der Waals surface area contributed by atoms with Crippen LogP contribution in [-0.4, -0.2) is 49.1 Å². The van der Waals surface area contributed by atoms with Crippen molar-refractivity contribution in [1.29, 1.82) is 0 Å². The molecule has 0 saturated heterocycles. The summed E-state index contributed by atoms with van der Waals surface area (Å²) in [7, 11) is -1.70. The minimum atomic E-state index is -1.70. The Balaban J connectivity index is 3.81. The highest BCUT2D eigenvalue weighted by Gasteiger charge is 2.24. The van der Waals surface area contributed by atoms with Crippen LogP contribution in [0.15, 0.2) is 0 Å². The van der Waals surface area contributed by atoms with E-state index in [1.807, 2.05) is 0 Å². The van der Waals surface area contributed by atoms with Crippen LogP contribution >= 0.6 is 0 Å². The maximum absolute atomic E-state index is 9.39. The fourth-order valence-corrected chi connectivity index (χ4v) is 3.19. The zero-order valence-corrected chi connectivity index (χ0v) is 10.9. The zero-order chi connectivity index (χ0) is 11.9. The van der Waals surface area contributed by atoms with Crippen LogP contribution in [0.25, 0.3) is 0 Å².